The summed E-state index contributed by atoms with van der Waals surface area (Å²) in [7, 11) is 0. The van der Waals surface area contributed by atoms with E-state index in [1.54, 1.807) is 16.8 Å². The zero-order valence-corrected chi connectivity index (χ0v) is 12.0. The van der Waals surface area contributed by atoms with Gasteiger partial charge in [0.1, 0.15) is 5.03 Å². The summed E-state index contributed by atoms with van der Waals surface area (Å²) in [6.07, 6.45) is 2.29. The maximum absolute atomic E-state index is 10.8. The van der Waals surface area contributed by atoms with Crippen molar-refractivity contribution in [3.05, 3.63) is 41.6 Å². The van der Waals surface area contributed by atoms with Crippen LogP contribution in [0, 0.1) is 11.3 Å². The van der Waals surface area contributed by atoms with E-state index in [0.29, 0.717) is 11.5 Å². The lowest BCUT2D eigenvalue weighted by Crippen LogP contribution is -2.02. The zero-order valence-electron chi connectivity index (χ0n) is 11.2. The predicted molar refractivity (Wildman–Crippen MR) is 78.6 cm³/mol. The Bertz CT molecular complexity index is 712. The minimum Gasteiger partial charge on any atom is -0.481 e. The molecule has 0 aliphatic heterocycles. The van der Waals surface area contributed by atoms with Crippen LogP contribution in [0.4, 0.5) is 0 Å². The van der Waals surface area contributed by atoms with Gasteiger partial charge in [-0.3, -0.25) is 4.79 Å². The third-order valence-electron chi connectivity index (χ3n) is 3.28. The van der Waals surface area contributed by atoms with Gasteiger partial charge in [-0.1, -0.05) is 11.8 Å². The highest BCUT2D eigenvalue weighted by Crippen LogP contribution is 2.40. The Morgan fingerprint density at radius 1 is 1.43 bits per heavy atom. The van der Waals surface area contributed by atoms with E-state index >= 15 is 0 Å². The zero-order chi connectivity index (χ0) is 14.8. The van der Waals surface area contributed by atoms with Gasteiger partial charge in [-0.2, -0.15) is 10.4 Å². The fourth-order valence-corrected chi connectivity index (χ4v) is 2.80. The Hall–Kier alpha value is -2.26. The maximum Gasteiger partial charge on any atom is 0.313 e. The van der Waals surface area contributed by atoms with Crippen molar-refractivity contribution in [2.75, 3.05) is 5.75 Å². The summed E-state index contributed by atoms with van der Waals surface area (Å²) in [5.41, 5.74) is 2.45. The first-order valence-corrected chi connectivity index (χ1v) is 7.61. The summed E-state index contributed by atoms with van der Waals surface area (Å²) in [5, 5.41) is 23.1. The van der Waals surface area contributed by atoms with Crippen LogP contribution in [0.1, 0.15) is 30.0 Å². The summed E-state index contributed by atoms with van der Waals surface area (Å²) in [6.45, 7) is 0. The van der Waals surface area contributed by atoms with Crippen LogP contribution in [-0.2, 0) is 4.79 Å². The lowest BCUT2D eigenvalue weighted by atomic mass is 10.2. The SMILES string of the molecule is N#Cc1ccc(-n2nc(C3CC3)cc2SCC(=O)O)cc1. The van der Waals surface area contributed by atoms with E-state index in [9.17, 15) is 4.79 Å². The maximum atomic E-state index is 10.8. The number of nitrogens with zero attached hydrogens (tertiary/aromatic N) is 3. The largest absolute Gasteiger partial charge is 0.481 e. The quantitative estimate of drug-likeness (QED) is 0.859. The molecule has 0 atom stereocenters. The van der Waals surface area contributed by atoms with Crippen LogP contribution in [-0.4, -0.2) is 26.6 Å². The minimum atomic E-state index is -0.847. The molecule has 2 aromatic rings. The number of aromatic nitrogens is 2. The molecule has 21 heavy (non-hydrogen) atoms. The van der Waals surface area contributed by atoms with Gasteiger partial charge in [-0.15, -0.1) is 0 Å². The van der Waals surface area contributed by atoms with Gasteiger partial charge in [-0.25, -0.2) is 4.68 Å². The van der Waals surface area contributed by atoms with Gasteiger partial charge in [-0.05, 0) is 43.2 Å². The summed E-state index contributed by atoms with van der Waals surface area (Å²) in [5.74, 6) is -0.333. The molecule has 1 heterocycles. The van der Waals surface area contributed by atoms with Gasteiger partial charge >= 0.3 is 5.97 Å². The van der Waals surface area contributed by atoms with Crippen molar-refractivity contribution >= 4 is 17.7 Å². The van der Waals surface area contributed by atoms with Crippen LogP contribution in [0.3, 0.4) is 0 Å². The second kappa shape index (κ2) is 5.62. The fourth-order valence-electron chi connectivity index (χ4n) is 2.06. The van der Waals surface area contributed by atoms with Crippen molar-refractivity contribution in [1.29, 1.82) is 5.26 Å². The molecule has 1 aliphatic carbocycles. The molecule has 1 aromatic carbocycles. The van der Waals surface area contributed by atoms with Gasteiger partial charge in [0.2, 0.25) is 0 Å². The number of carbonyl (C=O) groups is 1. The summed E-state index contributed by atoms with van der Waals surface area (Å²) in [6, 6.07) is 11.2. The Morgan fingerprint density at radius 3 is 2.71 bits per heavy atom. The number of carboxylic acids is 1. The third kappa shape index (κ3) is 3.09. The lowest BCUT2D eigenvalue weighted by Gasteiger charge is -2.06. The summed E-state index contributed by atoms with van der Waals surface area (Å²) >= 11 is 1.26. The highest BCUT2D eigenvalue weighted by molar-refractivity contribution is 7.99. The number of benzene rings is 1. The third-order valence-corrected chi connectivity index (χ3v) is 4.25. The molecular weight excluding hydrogens is 286 g/mol. The average Bonchev–Trinajstić information content (AvgIpc) is 3.25. The van der Waals surface area contributed by atoms with Crippen molar-refractivity contribution in [2.45, 2.75) is 23.8 Å². The van der Waals surface area contributed by atoms with E-state index in [-0.39, 0.29) is 5.75 Å². The van der Waals surface area contributed by atoms with Crippen molar-refractivity contribution in [3.8, 4) is 11.8 Å². The number of hydrogen-bond acceptors (Lipinski definition) is 4. The average molecular weight is 299 g/mol. The van der Waals surface area contributed by atoms with Crippen molar-refractivity contribution < 1.29 is 9.90 Å². The van der Waals surface area contributed by atoms with Crippen LogP contribution >= 0.6 is 11.8 Å². The normalized spacial score (nSPS) is 13.9. The summed E-state index contributed by atoms with van der Waals surface area (Å²) in [4.78, 5) is 10.8. The molecule has 0 unspecified atom stereocenters. The van der Waals surface area contributed by atoms with Crippen molar-refractivity contribution in [2.24, 2.45) is 0 Å². The molecule has 6 heteroatoms. The second-order valence-corrected chi connectivity index (χ2v) is 5.93. The van der Waals surface area contributed by atoms with E-state index < -0.39 is 5.97 Å². The molecule has 1 N–H and O–H groups in total. The standard InChI is InChI=1S/C15H13N3O2S/c16-8-10-1-5-12(6-2-10)18-14(21-9-15(19)20)7-13(17-18)11-3-4-11/h1-2,5-7,11H,3-4,9H2,(H,19,20). The topological polar surface area (TPSA) is 78.9 Å². The number of carboxylic acid groups (broad SMARTS) is 1. The Labute approximate surface area is 126 Å². The first-order valence-electron chi connectivity index (χ1n) is 6.62. The van der Waals surface area contributed by atoms with Crippen LogP contribution < -0.4 is 0 Å². The molecule has 1 saturated carbocycles. The lowest BCUT2D eigenvalue weighted by molar-refractivity contribution is -0.133. The van der Waals surface area contributed by atoms with Gasteiger partial charge in [0.05, 0.1) is 28.8 Å². The molecule has 1 aliphatic rings. The molecule has 5 nitrogen and oxygen atoms in total. The molecule has 3 rings (SSSR count). The monoisotopic (exact) mass is 299 g/mol. The number of hydrogen-bond donors (Lipinski definition) is 1. The van der Waals surface area contributed by atoms with E-state index in [1.807, 2.05) is 18.2 Å². The van der Waals surface area contributed by atoms with Gasteiger partial charge in [0.15, 0.2) is 0 Å². The molecule has 106 valence electrons. The highest BCUT2D eigenvalue weighted by Gasteiger charge is 2.27. The molecule has 1 aromatic heterocycles. The molecule has 0 bridgehead atoms. The Kier molecular flexibility index (Phi) is 3.67. The molecule has 0 radical (unpaired) electrons. The smallest absolute Gasteiger partial charge is 0.313 e. The number of aliphatic carboxylic acids is 1. The number of nitriles is 1. The van der Waals surface area contributed by atoms with Crippen LogP contribution in [0.5, 0.6) is 0 Å². The van der Waals surface area contributed by atoms with Gasteiger partial charge in [0, 0.05) is 5.92 Å². The summed E-state index contributed by atoms with van der Waals surface area (Å²) < 4.78 is 1.77. The number of rotatable bonds is 5. The fraction of sp³-hybridized carbons (Fsp3) is 0.267. The first-order chi connectivity index (χ1) is 10.2. The van der Waals surface area contributed by atoms with Gasteiger partial charge in [0.25, 0.3) is 0 Å². The minimum absolute atomic E-state index is 0.00603. The molecular formula is C15H13N3O2S. The van der Waals surface area contributed by atoms with E-state index in [0.717, 1.165) is 29.2 Å². The highest BCUT2D eigenvalue weighted by atomic mass is 32.2. The predicted octanol–water partition coefficient (Wildman–Crippen LogP) is 2.80. The number of thioether (sulfide) groups is 1. The van der Waals surface area contributed by atoms with Gasteiger partial charge < -0.3 is 5.11 Å². The van der Waals surface area contributed by atoms with E-state index in [4.69, 9.17) is 10.4 Å². The van der Waals surface area contributed by atoms with Crippen molar-refractivity contribution in [1.82, 2.24) is 9.78 Å². The Balaban J connectivity index is 1.94. The second-order valence-electron chi connectivity index (χ2n) is 4.93. The molecule has 1 fully saturated rings. The first kappa shape index (κ1) is 13.7. The van der Waals surface area contributed by atoms with Crippen LogP contribution in [0.15, 0.2) is 35.4 Å². The molecule has 0 amide bonds. The Morgan fingerprint density at radius 2 is 2.14 bits per heavy atom. The van der Waals surface area contributed by atoms with E-state index in [2.05, 4.69) is 11.2 Å². The van der Waals surface area contributed by atoms with E-state index in [1.165, 1.54) is 11.8 Å². The van der Waals surface area contributed by atoms with Crippen molar-refractivity contribution in [3.63, 3.8) is 0 Å². The van der Waals surface area contributed by atoms with Crippen LogP contribution in [0.25, 0.3) is 5.69 Å². The molecule has 0 saturated heterocycles. The molecule has 0 spiro atoms. The van der Waals surface area contributed by atoms with Crippen LogP contribution in [0.2, 0.25) is 0 Å².